The van der Waals surface area contributed by atoms with Crippen molar-refractivity contribution < 1.29 is 4.79 Å². The third-order valence-corrected chi connectivity index (χ3v) is 5.14. The molecule has 0 bridgehead atoms. The van der Waals surface area contributed by atoms with Crippen LogP contribution in [0.3, 0.4) is 0 Å². The Kier molecular flexibility index (Phi) is 4.63. The summed E-state index contributed by atoms with van der Waals surface area (Å²) in [4.78, 5) is 12.5. The molecule has 1 aliphatic rings. The number of benzene rings is 2. The van der Waals surface area contributed by atoms with E-state index < -0.39 is 0 Å². The van der Waals surface area contributed by atoms with E-state index in [4.69, 9.17) is 0 Å². The second-order valence-electron chi connectivity index (χ2n) is 7.01. The van der Waals surface area contributed by atoms with Crippen LogP contribution in [0.4, 0.5) is 0 Å². The van der Waals surface area contributed by atoms with E-state index in [1.54, 1.807) is 0 Å². The Bertz CT molecular complexity index is 993. The van der Waals surface area contributed by atoms with Crippen molar-refractivity contribution in [3.05, 3.63) is 88.7 Å². The molecule has 0 aliphatic heterocycles. The van der Waals surface area contributed by atoms with Crippen LogP contribution in [0.25, 0.3) is 5.69 Å². The van der Waals surface area contributed by atoms with Gasteiger partial charge in [-0.1, -0.05) is 24.3 Å². The van der Waals surface area contributed by atoms with E-state index in [0.29, 0.717) is 5.56 Å². The molecule has 1 aromatic heterocycles. The van der Waals surface area contributed by atoms with Gasteiger partial charge < -0.3 is 4.57 Å². The number of hydrazone groups is 1. The van der Waals surface area contributed by atoms with Crippen LogP contribution in [0.5, 0.6) is 0 Å². The number of aryl methyl sites for hydroxylation is 3. The third-order valence-electron chi connectivity index (χ3n) is 5.14. The number of hydrogen-bond acceptors (Lipinski definition) is 2. The first-order valence-electron chi connectivity index (χ1n) is 9.34. The zero-order valence-corrected chi connectivity index (χ0v) is 15.7. The minimum absolute atomic E-state index is 0.182. The fourth-order valence-corrected chi connectivity index (χ4v) is 3.74. The van der Waals surface area contributed by atoms with Crippen LogP contribution in [0, 0.1) is 13.8 Å². The molecule has 27 heavy (non-hydrogen) atoms. The van der Waals surface area contributed by atoms with E-state index in [-0.39, 0.29) is 5.91 Å². The van der Waals surface area contributed by atoms with Crippen LogP contribution in [-0.4, -0.2) is 16.2 Å². The highest BCUT2D eigenvalue weighted by Crippen LogP contribution is 2.21. The molecule has 136 valence electrons. The summed E-state index contributed by atoms with van der Waals surface area (Å²) in [6.45, 7) is 4.15. The molecule has 0 fully saturated rings. The molecular formula is C23H23N3O. The van der Waals surface area contributed by atoms with Crippen molar-refractivity contribution >= 4 is 11.6 Å². The van der Waals surface area contributed by atoms with Gasteiger partial charge in [0.15, 0.2) is 0 Å². The fourth-order valence-electron chi connectivity index (χ4n) is 3.74. The average molecular weight is 357 g/mol. The molecule has 0 unspecified atom stereocenters. The minimum atomic E-state index is -0.182. The molecule has 4 nitrogen and oxygen atoms in total. The lowest BCUT2D eigenvalue weighted by Gasteiger charge is -2.17. The number of hydrogen-bond donors (Lipinski definition) is 1. The van der Waals surface area contributed by atoms with Crippen molar-refractivity contribution in [2.75, 3.05) is 0 Å². The van der Waals surface area contributed by atoms with Crippen LogP contribution in [0.1, 0.15) is 45.7 Å². The van der Waals surface area contributed by atoms with Crippen molar-refractivity contribution in [2.45, 2.75) is 33.1 Å². The van der Waals surface area contributed by atoms with Gasteiger partial charge in [0.25, 0.3) is 5.91 Å². The Balaban J connectivity index is 1.51. The highest BCUT2D eigenvalue weighted by atomic mass is 16.2. The van der Waals surface area contributed by atoms with Gasteiger partial charge in [0, 0.05) is 28.2 Å². The van der Waals surface area contributed by atoms with Crippen LogP contribution in [-0.2, 0) is 6.42 Å². The van der Waals surface area contributed by atoms with Crippen LogP contribution in [0.15, 0.2) is 65.8 Å². The Hall–Kier alpha value is -3.14. The molecule has 0 saturated carbocycles. The van der Waals surface area contributed by atoms with Gasteiger partial charge in [-0.3, -0.25) is 4.79 Å². The van der Waals surface area contributed by atoms with Crippen molar-refractivity contribution in [1.82, 2.24) is 9.99 Å². The van der Waals surface area contributed by atoms with Crippen molar-refractivity contribution in [3.63, 3.8) is 0 Å². The van der Waals surface area contributed by atoms with Gasteiger partial charge in [-0.05, 0) is 75.1 Å². The number of rotatable bonds is 3. The van der Waals surface area contributed by atoms with Gasteiger partial charge >= 0.3 is 0 Å². The van der Waals surface area contributed by atoms with Crippen LogP contribution in [0.2, 0.25) is 0 Å². The van der Waals surface area contributed by atoms with E-state index in [2.05, 4.69) is 59.3 Å². The molecule has 0 radical (unpaired) electrons. The monoisotopic (exact) mass is 357 g/mol. The molecule has 4 heteroatoms. The van der Waals surface area contributed by atoms with E-state index in [9.17, 15) is 4.79 Å². The Morgan fingerprint density at radius 1 is 0.926 bits per heavy atom. The molecule has 4 rings (SSSR count). The van der Waals surface area contributed by atoms with Gasteiger partial charge in [0.05, 0.1) is 5.71 Å². The molecule has 0 atom stereocenters. The summed E-state index contributed by atoms with van der Waals surface area (Å²) in [6.07, 6.45) is 3.03. The number of carbonyl (C=O) groups excluding carboxylic acids is 1. The van der Waals surface area contributed by atoms with Gasteiger partial charge in [0.1, 0.15) is 0 Å². The first kappa shape index (κ1) is 17.3. The third kappa shape index (κ3) is 3.43. The second-order valence-corrected chi connectivity index (χ2v) is 7.01. The molecule has 0 spiro atoms. The molecule has 1 amide bonds. The average Bonchev–Trinajstić information content (AvgIpc) is 3.04. The van der Waals surface area contributed by atoms with Gasteiger partial charge in [-0.25, -0.2) is 5.43 Å². The lowest BCUT2D eigenvalue weighted by molar-refractivity contribution is 0.0955. The van der Waals surface area contributed by atoms with E-state index in [1.807, 2.05) is 30.3 Å². The fraction of sp³-hybridized carbons (Fsp3) is 0.217. The summed E-state index contributed by atoms with van der Waals surface area (Å²) in [7, 11) is 0. The standard InChI is InChI=1S/C23H23N3O/c1-16-10-11-17(2)26(16)20-14-12-19(13-15-20)23(27)25-24-22-9-5-7-18-6-3-4-8-21(18)22/h3-4,6,8,10-15H,5,7,9H2,1-2H3,(H,25,27)/b24-22+. The largest absolute Gasteiger partial charge is 0.319 e. The van der Waals surface area contributed by atoms with Crippen molar-refractivity contribution in [1.29, 1.82) is 0 Å². The molecule has 3 aromatic rings. The number of amides is 1. The number of fused-ring (bicyclic) bond motifs is 1. The quantitative estimate of drug-likeness (QED) is 0.686. The Morgan fingerprint density at radius 2 is 1.63 bits per heavy atom. The van der Waals surface area contributed by atoms with Gasteiger partial charge in [-0.2, -0.15) is 5.10 Å². The minimum Gasteiger partial charge on any atom is -0.319 e. The maximum Gasteiger partial charge on any atom is 0.271 e. The summed E-state index contributed by atoms with van der Waals surface area (Å²) in [5.74, 6) is -0.182. The van der Waals surface area contributed by atoms with Crippen LogP contribution < -0.4 is 5.43 Å². The topological polar surface area (TPSA) is 46.4 Å². The Morgan fingerprint density at radius 3 is 2.37 bits per heavy atom. The van der Waals surface area contributed by atoms with Gasteiger partial charge in [-0.15, -0.1) is 0 Å². The zero-order chi connectivity index (χ0) is 18.8. The number of nitrogens with one attached hydrogen (secondary N) is 1. The van der Waals surface area contributed by atoms with Gasteiger partial charge in [0.2, 0.25) is 0 Å². The molecule has 2 aromatic carbocycles. The molecule has 0 saturated heterocycles. The maximum atomic E-state index is 12.5. The van der Waals surface area contributed by atoms with E-state index in [0.717, 1.165) is 36.2 Å². The smallest absolute Gasteiger partial charge is 0.271 e. The lowest BCUT2D eigenvalue weighted by atomic mass is 9.90. The van der Waals surface area contributed by atoms with Crippen molar-refractivity contribution in [3.8, 4) is 5.69 Å². The Labute approximate surface area is 159 Å². The summed E-state index contributed by atoms with van der Waals surface area (Å²) in [6, 6.07) is 20.1. The molecule has 1 N–H and O–H groups in total. The number of aromatic nitrogens is 1. The summed E-state index contributed by atoms with van der Waals surface area (Å²) >= 11 is 0. The lowest BCUT2D eigenvalue weighted by Crippen LogP contribution is -2.22. The SMILES string of the molecule is Cc1ccc(C)n1-c1ccc(C(=O)N/N=C2\CCCc3ccccc32)cc1. The predicted octanol–water partition coefficient (Wildman–Crippen LogP) is 4.56. The summed E-state index contributed by atoms with van der Waals surface area (Å²) in [5, 5.41) is 4.41. The molecule has 1 heterocycles. The highest BCUT2D eigenvalue weighted by molar-refractivity contribution is 6.04. The maximum absolute atomic E-state index is 12.5. The number of nitrogens with zero attached hydrogens (tertiary/aromatic N) is 2. The van der Waals surface area contributed by atoms with Crippen molar-refractivity contribution in [2.24, 2.45) is 5.10 Å². The first-order chi connectivity index (χ1) is 13.1. The highest BCUT2D eigenvalue weighted by Gasteiger charge is 2.15. The first-order valence-corrected chi connectivity index (χ1v) is 9.34. The predicted molar refractivity (Wildman–Crippen MR) is 109 cm³/mol. The zero-order valence-electron chi connectivity index (χ0n) is 15.7. The second kappa shape index (κ2) is 7.23. The van der Waals surface area contributed by atoms with Crippen LogP contribution >= 0.6 is 0 Å². The van der Waals surface area contributed by atoms with E-state index >= 15 is 0 Å². The molecule has 1 aliphatic carbocycles. The normalized spacial score (nSPS) is 14.8. The summed E-state index contributed by atoms with van der Waals surface area (Å²) < 4.78 is 2.17. The number of carbonyl (C=O) groups is 1. The summed E-state index contributed by atoms with van der Waals surface area (Å²) in [5.41, 5.74) is 10.1. The van der Waals surface area contributed by atoms with E-state index in [1.165, 1.54) is 17.0 Å². The molecular weight excluding hydrogens is 334 g/mol.